The molecule has 204 valence electrons. The second-order valence-corrected chi connectivity index (χ2v) is 13.5. The molecule has 1 heteroatoms. The first kappa shape index (κ1) is 25.8. The number of hydrogen-bond acceptors (Lipinski definition) is 1. The van der Waals surface area contributed by atoms with E-state index in [-0.39, 0.29) is 10.8 Å². The molecule has 0 saturated heterocycles. The van der Waals surface area contributed by atoms with Gasteiger partial charge in [0.05, 0.1) is 0 Å². The van der Waals surface area contributed by atoms with Crippen LogP contribution in [0.2, 0.25) is 0 Å². The van der Waals surface area contributed by atoms with Crippen LogP contribution in [-0.4, -0.2) is 5.11 Å². The van der Waals surface area contributed by atoms with Gasteiger partial charge >= 0.3 is 0 Å². The van der Waals surface area contributed by atoms with Crippen molar-refractivity contribution < 1.29 is 5.11 Å². The average molecular weight is 535 g/mol. The zero-order valence-corrected chi connectivity index (χ0v) is 24.5. The van der Waals surface area contributed by atoms with E-state index in [0.29, 0.717) is 5.75 Å². The van der Waals surface area contributed by atoms with E-state index < -0.39 is 10.8 Å². The first-order valence-corrected chi connectivity index (χ1v) is 14.9. The minimum atomic E-state index is -0.466. The van der Waals surface area contributed by atoms with Crippen LogP contribution in [0, 0.1) is 0 Å². The summed E-state index contributed by atoms with van der Waals surface area (Å²) >= 11 is 0. The van der Waals surface area contributed by atoms with E-state index in [9.17, 15) is 5.11 Å². The Balaban J connectivity index is 1.65. The largest absolute Gasteiger partial charge is 0.507 e. The van der Waals surface area contributed by atoms with E-state index in [4.69, 9.17) is 0 Å². The number of phenols is 1. The van der Waals surface area contributed by atoms with Crippen molar-refractivity contribution >= 4 is 0 Å². The Labute approximate surface area is 244 Å². The van der Waals surface area contributed by atoms with E-state index in [1.54, 1.807) is 0 Å². The highest BCUT2D eigenvalue weighted by molar-refractivity contribution is 5.73. The fraction of sp³-hybridized carbons (Fsp3) is 0.250. The Morgan fingerprint density at radius 1 is 0.439 bits per heavy atom. The lowest BCUT2D eigenvalue weighted by Crippen LogP contribution is -2.31. The van der Waals surface area contributed by atoms with Crippen molar-refractivity contribution in [3.8, 4) is 5.75 Å². The number of fused-ring (bicyclic) bond motifs is 2. The monoisotopic (exact) mass is 534 g/mol. The maximum atomic E-state index is 13.0. The van der Waals surface area contributed by atoms with Crippen molar-refractivity contribution in [3.63, 3.8) is 0 Å². The van der Waals surface area contributed by atoms with Gasteiger partial charge < -0.3 is 5.11 Å². The lowest BCUT2D eigenvalue weighted by molar-refractivity contribution is 0.413. The smallest absolute Gasteiger partial charge is 0.125 e. The molecule has 0 fully saturated rings. The Bertz CT molecular complexity index is 1510. The fourth-order valence-electron chi connectivity index (χ4n) is 8.50. The van der Waals surface area contributed by atoms with Crippen molar-refractivity contribution in [2.45, 2.75) is 62.2 Å². The van der Waals surface area contributed by atoms with E-state index in [2.05, 4.69) is 155 Å². The molecule has 1 nitrogen and oxygen atoms in total. The number of hydrogen-bond donors (Lipinski definition) is 1. The molecule has 2 aliphatic carbocycles. The number of rotatable bonds is 4. The lowest BCUT2D eigenvalue weighted by atomic mass is 9.65. The van der Waals surface area contributed by atoms with E-state index in [1.807, 2.05) is 0 Å². The van der Waals surface area contributed by atoms with Gasteiger partial charge in [0, 0.05) is 22.0 Å². The highest BCUT2D eigenvalue weighted by Crippen LogP contribution is 2.66. The molecule has 0 amide bonds. The molecule has 0 heterocycles. The van der Waals surface area contributed by atoms with E-state index in [1.165, 1.54) is 33.4 Å². The van der Waals surface area contributed by atoms with Crippen molar-refractivity contribution in [3.05, 3.63) is 172 Å². The third kappa shape index (κ3) is 3.54. The minimum absolute atomic E-state index is 0.131. The molecule has 5 aromatic rings. The van der Waals surface area contributed by atoms with Gasteiger partial charge in [0.15, 0.2) is 0 Å². The van der Waals surface area contributed by atoms with Crippen LogP contribution in [0.5, 0.6) is 5.75 Å². The molecular formula is C40H38O. The van der Waals surface area contributed by atoms with Gasteiger partial charge in [-0.3, -0.25) is 0 Å². The molecule has 0 aliphatic heterocycles. The van der Waals surface area contributed by atoms with Gasteiger partial charge in [-0.25, -0.2) is 0 Å². The summed E-state index contributed by atoms with van der Waals surface area (Å²) < 4.78 is 0. The summed E-state index contributed by atoms with van der Waals surface area (Å²) in [7, 11) is 0. The average Bonchev–Trinajstić information content (AvgIpc) is 3.41. The normalized spacial score (nSPS) is 18.9. The highest BCUT2D eigenvalue weighted by Gasteiger charge is 2.57. The summed E-state index contributed by atoms with van der Waals surface area (Å²) in [6.45, 7) is 9.42. The maximum Gasteiger partial charge on any atom is 0.125 e. The predicted molar refractivity (Wildman–Crippen MR) is 169 cm³/mol. The summed E-state index contributed by atoms with van der Waals surface area (Å²) in [4.78, 5) is 0. The van der Waals surface area contributed by atoms with E-state index >= 15 is 0 Å². The zero-order valence-electron chi connectivity index (χ0n) is 24.5. The van der Waals surface area contributed by atoms with Crippen LogP contribution in [0.15, 0.2) is 127 Å². The second kappa shape index (κ2) is 8.95. The predicted octanol–water partition coefficient (Wildman–Crippen LogP) is 9.42. The number of aromatic hydroxyl groups is 1. The quantitative estimate of drug-likeness (QED) is 0.243. The molecule has 1 N–H and O–H groups in total. The number of phenolic OH excluding ortho intramolecular Hbond substituents is 1. The molecular weight excluding hydrogens is 496 g/mol. The van der Waals surface area contributed by atoms with Crippen LogP contribution in [0.1, 0.15) is 85.0 Å². The molecule has 0 atom stereocenters. The topological polar surface area (TPSA) is 20.2 Å². The van der Waals surface area contributed by atoms with Crippen molar-refractivity contribution in [2.75, 3.05) is 0 Å². The van der Waals surface area contributed by atoms with Gasteiger partial charge in [-0.15, -0.1) is 0 Å². The van der Waals surface area contributed by atoms with Crippen molar-refractivity contribution in [2.24, 2.45) is 0 Å². The molecule has 41 heavy (non-hydrogen) atoms. The van der Waals surface area contributed by atoms with Crippen LogP contribution in [0.25, 0.3) is 0 Å². The fourth-order valence-corrected chi connectivity index (χ4v) is 8.50. The summed E-state index contributed by atoms with van der Waals surface area (Å²) in [5.41, 5.74) is 8.43. The van der Waals surface area contributed by atoms with Crippen LogP contribution >= 0.6 is 0 Å². The highest BCUT2D eigenvalue weighted by atomic mass is 16.3. The minimum Gasteiger partial charge on any atom is -0.507 e. The summed E-state index contributed by atoms with van der Waals surface area (Å²) in [6.07, 6.45) is 1.79. The molecule has 7 rings (SSSR count). The van der Waals surface area contributed by atoms with Crippen molar-refractivity contribution in [1.82, 2.24) is 0 Å². The van der Waals surface area contributed by atoms with Crippen LogP contribution < -0.4 is 0 Å². The number of benzene rings is 5. The Hall–Kier alpha value is -4.10. The SMILES string of the molecule is CC1(C)CC(c2ccccc2)(c2ccccc2)c2c1cc1c(c2O)C(c2ccccc2)(c2ccccc2)CC1(C)C. The van der Waals surface area contributed by atoms with Crippen LogP contribution in [-0.2, 0) is 21.7 Å². The molecule has 2 aliphatic rings. The molecule has 0 unspecified atom stereocenters. The van der Waals surface area contributed by atoms with Crippen LogP contribution in [0.4, 0.5) is 0 Å². The maximum absolute atomic E-state index is 13.0. The Morgan fingerprint density at radius 3 is 0.976 bits per heavy atom. The summed E-state index contributed by atoms with van der Waals surface area (Å²) in [5.74, 6) is 0.467. The van der Waals surface area contributed by atoms with Gasteiger partial charge in [-0.1, -0.05) is 155 Å². The Morgan fingerprint density at radius 2 is 0.707 bits per heavy atom. The molecule has 0 bridgehead atoms. The standard InChI is InChI=1S/C40H38O/c1-37(2)26-39(28-17-9-5-10-18-28,29-19-11-6-12-20-29)34-32(37)25-33-35(36(34)41)40(27-38(33,3)4,30-21-13-7-14-22-30)31-23-15-8-16-24-31/h5-25,41H,26-27H2,1-4H3. The van der Waals surface area contributed by atoms with E-state index in [0.717, 1.165) is 24.0 Å². The summed E-state index contributed by atoms with van der Waals surface area (Å²) in [5, 5.41) is 13.0. The third-order valence-corrected chi connectivity index (χ3v) is 10.1. The second-order valence-electron chi connectivity index (χ2n) is 13.5. The molecule has 0 spiro atoms. The lowest BCUT2D eigenvalue weighted by Gasteiger charge is -2.37. The molecule has 0 aromatic heterocycles. The third-order valence-electron chi connectivity index (χ3n) is 10.1. The van der Waals surface area contributed by atoms with Gasteiger partial charge in [0.1, 0.15) is 5.75 Å². The first-order valence-electron chi connectivity index (χ1n) is 14.9. The van der Waals surface area contributed by atoms with Gasteiger partial charge in [0.25, 0.3) is 0 Å². The molecule has 5 aromatic carbocycles. The molecule has 0 radical (unpaired) electrons. The molecule has 0 saturated carbocycles. The van der Waals surface area contributed by atoms with Gasteiger partial charge in [-0.2, -0.15) is 0 Å². The first-order chi connectivity index (χ1) is 19.7. The van der Waals surface area contributed by atoms with Crippen LogP contribution in [0.3, 0.4) is 0 Å². The Kier molecular flexibility index (Phi) is 5.64. The zero-order chi connectivity index (χ0) is 28.5. The summed E-state index contributed by atoms with van der Waals surface area (Å²) in [6, 6.07) is 45.9. The van der Waals surface area contributed by atoms with Crippen molar-refractivity contribution in [1.29, 1.82) is 0 Å². The van der Waals surface area contributed by atoms with Gasteiger partial charge in [-0.05, 0) is 57.1 Å². The van der Waals surface area contributed by atoms with Gasteiger partial charge in [0.2, 0.25) is 0 Å².